The van der Waals surface area contributed by atoms with E-state index in [-0.39, 0.29) is 5.69 Å². The molecular weight excluding hydrogens is 461 g/mol. The summed E-state index contributed by atoms with van der Waals surface area (Å²) in [5, 5.41) is 0. The summed E-state index contributed by atoms with van der Waals surface area (Å²) in [5.74, 6) is 0. The van der Waals surface area contributed by atoms with Gasteiger partial charge in [-0.05, 0) is 50.9 Å². The van der Waals surface area contributed by atoms with Crippen molar-refractivity contribution in [3.05, 3.63) is 96.5 Å². The van der Waals surface area contributed by atoms with Crippen LogP contribution in [-0.4, -0.2) is 10.9 Å². The van der Waals surface area contributed by atoms with Gasteiger partial charge >= 0.3 is 6.18 Å². The number of benzene rings is 1. The second kappa shape index (κ2) is 16.6. The number of allylic oxidation sites excluding steroid dienone is 3. The van der Waals surface area contributed by atoms with Gasteiger partial charge in [0.1, 0.15) is 6.29 Å². The molecule has 3 nitrogen and oxygen atoms in total. The molecule has 2 N–H and O–H groups in total. The number of aldehydes is 1. The maximum absolute atomic E-state index is 13.3. The van der Waals surface area contributed by atoms with Crippen LogP contribution in [0.5, 0.6) is 0 Å². The van der Waals surface area contributed by atoms with Crippen molar-refractivity contribution < 1.29 is 18.0 Å². The monoisotopic (exact) mass is 504 g/mol. The van der Waals surface area contributed by atoms with E-state index in [0.29, 0.717) is 12.8 Å². The van der Waals surface area contributed by atoms with Gasteiger partial charge in [0, 0.05) is 11.9 Å². The smallest absolute Gasteiger partial charge is 0.405 e. The van der Waals surface area contributed by atoms with Crippen molar-refractivity contribution in [3.8, 4) is 0 Å². The third-order valence-corrected chi connectivity index (χ3v) is 5.94. The number of nitrogens with two attached hydrogens (primary N) is 1. The molecule has 200 valence electrons. The highest BCUT2D eigenvalue weighted by Gasteiger charge is 2.45. The molecule has 36 heavy (non-hydrogen) atoms. The molecule has 1 atom stereocenters. The van der Waals surface area contributed by atoms with Crippen LogP contribution >= 0.6 is 0 Å². The van der Waals surface area contributed by atoms with Crippen LogP contribution in [0.25, 0.3) is 0 Å². The van der Waals surface area contributed by atoms with Crippen molar-refractivity contribution in [1.29, 1.82) is 0 Å². The third-order valence-electron chi connectivity index (χ3n) is 5.94. The van der Waals surface area contributed by atoms with Crippen molar-refractivity contribution in [2.75, 3.05) is 0 Å². The Morgan fingerprint density at radius 2 is 1.72 bits per heavy atom. The molecule has 1 unspecified atom stereocenters. The fourth-order valence-electron chi connectivity index (χ4n) is 4.44. The predicted molar refractivity (Wildman–Crippen MR) is 146 cm³/mol. The number of alkyl halides is 3. The van der Waals surface area contributed by atoms with Crippen LogP contribution in [0.4, 0.5) is 13.2 Å². The number of carbonyl (C=O) groups excluding carboxylic acids is 1. The van der Waals surface area contributed by atoms with Gasteiger partial charge in [0.2, 0.25) is 0 Å². The van der Waals surface area contributed by atoms with E-state index >= 15 is 0 Å². The zero-order valence-electron chi connectivity index (χ0n) is 22.4. The van der Waals surface area contributed by atoms with Gasteiger partial charge < -0.3 is 15.1 Å². The molecule has 2 aromatic rings. The lowest BCUT2D eigenvalue weighted by atomic mass is 9.76. The van der Waals surface area contributed by atoms with E-state index in [1.165, 1.54) is 19.3 Å². The average Bonchev–Trinajstić information content (AvgIpc) is 3.48. The van der Waals surface area contributed by atoms with Crippen LogP contribution in [0.3, 0.4) is 0 Å². The first kappa shape index (κ1) is 33.0. The summed E-state index contributed by atoms with van der Waals surface area (Å²) in [6.45, 7) is 16.2. The van der Waals surface area contributed by atoms with Gasteiger partial charge in [0.15, 0.2) is 0 Å². The number of aromatic nitrogens is 1. The molecule has 1 aliphatic rings. The average molecular weight is 505 g/mol. The minimum absolute atomic E-state index is 0.159. The minimum Gasteiger partial charge on any atom is -0.405 e. The van der Waals surface area contributed by atoms with Gasteiger partial charge in [-0.3, -0.25) is 0 Å². The molecule has 1 aliphatic carbocycles. The molecule has 0 aliphatic heterocycles. The highest BCUT2D eigenvalue weighted by atomic mass is 19.4. The van der Waals surface area contributed by atoms with Crippen molar-refractivity contribution in [3.63, 3.8) is 0 Å². The molecular formula is C30H43F3N2O. The molecule has 1 aromatic carbocycles. The summed E-state index contributed by atoms with van der Waals surface area (Å²) in [6.07, 6.45) is 9.45. The van der Waals surface area contributed by atoms with Gasteiger partial charge in [-0.2, -0.15) is 13.2 Å². The van der Waals surface area contributed by atoms with Crippen LogP contribution in [0, 0.1) is 19.3 Å². The van der Waals surface area contributed by atoms with Crippen molar-refractivity contribution in [2.45, 2.75) is 78.9 Å². The first-order valence-corrected chi connectivity index (χ1v) is 12.5. The number of hydrogen-bond donors (Lipinski definition) is 1. The first-order valence-electron chi connectivity index (χ1n) is 12.5. The number of carbonyl (C=O) groups is 1. The maximum atomic E-state index is 13.3. The van der Waals surface area contributed by atoms with Crippen LogP contribution in [0.1, 0.15) is 81.3 Å². The number of halogens is 3. The Balaban J connectivity index is 0.000000949. The third kappa shape index (κ3) is 9.21. The Labute approximate surface area is 215 Å². The van der Waals surface area contributed by atoms with Crippen LogP contribution in [-0.2, 0) is 11.0 Å². The highest BCUT2D eigenvalue weighted by Crippen LogP contribution is 2.49. The minimum atomic E-state index is -4.39. The van der Waals surface area contributed by atoms with E-state index in [4.69, 9.17) is 0 Å². The molecule has 0 spiro atoms. The number of nitrogens with zero attached hydrogens (tertiary/aromatic N) is 1. The van der Waals surface area contributed by atoms with E-state index in [9.17, 15) is 18.0 Å². The van der Waals surface area contributed by atoms with Gasteiger partial charge in [0.25, 0.3) is 0 Å². The van der Waals surface area contributed by atoms with E-state index in [2.05, 4.69) is 31.9 Å². The summed E-state index contributed by atoms with van der Waals surface area (Å²) < 4.78 is 41.4. The van der Waals surface area contributed by atoms with E-state index in [1.807, 2.05) is 51.1 Å². The van der Waals surface area contributed by atoms with Crippen molar-refractivity contribution >= 4 is 6.29 Å². The second-order valence-corrected chi connectivity index (χ2v) is 8.40. The predicted octanol–water partition coefficient (Wildman–Crippen LogP) is 8.73. The molecule has 1 aromatic heterocycles. The summed E-state index contributed by atoms with van der Waals surface area (Å²) in [5.41, 5.74) is 5.40. The number of hydrogen-bond acceptors (Lipinski definition) is 2. The van der Waals surface area contributed by atoms with Crippen molar-refractivity contribution in [2.24, 2.45) is 11.1 Å². The Morgan fingerprint density at radius 3 is 2.11 bits per heavy atom. The second-order valence-electron chi connectivity index (χ2n) is 8.40. The molecule has 1 fully saturated rings. The SMILES string of the molecule is C=C/C=C\CC.C=CN.CC.Cc1cccc(C(n2ccc(C(F)(F)F)c2C)C2(C=O)CCCC2)c1. The Morgan fingerprint density at radius 1 is 1.14 bits per heavy atom. The topological polar surface area (TPSA) is 48.0 Å². The fraction of sp³-hybridized carbons (Fsp3) is 0.433. The summed E-state index contributed by atoms with van der Waals surface area (Å²) in [7, 11) is 0. The van der Waals surface area contributed by atoms with Gasteiger partial charge in [-0.15, -0.1) is 0 Å². The van der Waals surface area contributed by atoms with E-state index in [1.54, 1.807) is 10.6 Å². The number of aryl methyl sites for hydroxylation is 1. The Kier molecular flexibility index (Phi) is 15.2. The van der Waals surface area contributed by atoms with Gasteiger partial charge in [0.05, 0.1) is 17.0 Å². The Hall–Kier alpha value is -3.02. The highest BCUT2D eigenvalue weighted by molar-refractivity contribution is 5.63. The molecule has 0 radical (unpaired) electrons. The molecule has 0 bridgehead atoms. The summed E-state index contributed by atoms with van der Waals surface area (Å²) in [4.78, 5) is 12.1. The van der Waals surface area contributed by atoms with Crippen LogP contribution in [0.2, 0.25) is 0 Å². The zero-order valence-corrected chi connectivity index (χ0v) is 22.4. The van der Waals surface area contributed by atoms with Crippen molar-refractivity contribution in [1.82, 2.24) is 4.57 Å². The summed E-state index contributed by atoms with van der Waals surface area (Å²) >= 11 is 0. The molecule has 0 amide bonds. The van der Waals surface area contributed by atoms with Gasteiger partial charge in [-0.25, -0.2) is 0 Å². The number of rotatable bonds is 6. The Bertz CT molecular complexity index is 951. The molecule has 1 saturated carbocycles. The van der Waals surface area contributed by atoms with Crippen LogP contribution < -0.4 is 5.73 Å². The lowest BCUT2D eigenvalue weighted by Crippen LogP contribution is -2.33. The normalized spacial score (nSPS) is 14.8. The quantitative estimate of drug-likeness (QED) is 0.316. The molecule has 6 heteroatoms. The summed E-state index contributed by atoms with van der Waals surface area (Å²) in [6, 6.07) is 8.44. The molecule has 3 rings (SSSR count). The fourth-order valence-corrected chi connectivity index (χ4v) is 4.44. The van der Waals surface area contributed by atoms with Gasteiger partial charge in [-0.1, -0.05) is 94.8 Å². The molecule has 0 saturated heterocycles. The standard InChI is InChI=1S/C20H22F3NO.C6H10.C2H5N.C2H6/c1-14-6-5-7-16(12-14)18(19(13-25)9-3-4-10-19)24-11-8-17(15(24)2)20(21,22)23;1-3-5-6-4-2;1-2-3;1-2/h5-8,11-13,18H,3-4,9-10H2,1-2H3;3,5-6H,1,4H2,2H3;2H,1,3H2;1-2H3/b;6-5-;;. The molecule has 1 heterocycles. The van der Waals surface area contributed by atoms with E-state index < -0.39 is 23.2 Å². The lowest BCUT2D eigenvalue weighted by molar-refractivity contribution is -0.138. The largest absolute Gasteiger partial charge is 0.418 e. The zero-order chi connectivity index (χ0) is 27.8. The maximum Gasteiger partial charge on any atom is 0.418 e. The van der Waals surface area contributed by atoms with E-state index in [0.717, 1.165) is 42.7 Å². The first-order chi connectivity index (χ1) is 17.1. The lowest BCUT2D eigenvalue weighted by Gasteiger charge is -2.35. The van der Waals surface area contributed by atoms with Crippen LogP contribution in [0.15, 0.2) is 74.1 Å².